The standard InChI is InChI=1S/C19H27N3O4/c1-3-12-26-16-9-8-15(13-17(16)25-4-2)14-20-21-18(23)19(24)22-10-6-5-7-11-22/h8-9,13-14H,3-7,10-12H2,1-2H3,(H,21,23). The van der Waals surface area contributed by atoms with Crippen molar-refractivity contribution in [2.24, 2.45) is 5.10 Å². The number of ether oxygens (including phenoxy) is 2. The topological polar surface area (TPSA) is 80.2 Å². The summed E-state index contributed by atoms with van der Waals surface area (Å²) in [5.41, 5.74) is 3.03. The molecular formula is C19H27N3O4. The van der Waals surface area contributed by atoms with Crippen molar-refractivity contribution in [1.29, 1.82) is 0 Å². The molecule has 1 aromatic rings. The van der Waals surface area contributed by atoms with Gasteiger partial charge in [0.2, 0.25) is 0 Å². The van der Waals surface area contributed by atoms with E-state index in [0.29, 0.717) is 37.8 Å². The zero-order valence-electron chi connectivity index (χ0n) is 15.5. The van der Waals surface area contributed by atoms with Gasteiger partial charge in [0.05, 0.1) is 19.4 Å². The minimum Gasteiger partial charge on any atom is -0.490 e. The van der Waals surface area contributed by atoms with Crippen LogP contribution in [-0.2, 0) is 9.59 Å². The van der Waals surface area contributed by atoms with Crippen molar-refractivity contribution >= 4 is 18.0 Å². The lowest BCUT2D eigenvalue weighted by atomic mass is 10.1. The highest BCUT2D eigenvalue weighted by atomic mass is 16.5. The largest absolute Gasteiger partial charge is 0.490 e. The van der Waals surface area contributed by atoms with Crippen molar-refractivity contribution in [2.75, 3.05) is 26.3 Å². The lowest BCUT2D eigenvalue weighted by Crippen LogP contribution is -2.43. The van der Waals surface area contributed by atoms with Crippen molar-refractivity contribution in [2.45, 2.75) is 39.5 Å². The molecule has 1 fully saturated rings. The van der Waals surface area contributed by atoms with Gasteiger partial charge in [-0.3, -0.25) is 9.59 Å². The van der Waals surface area contributed by atoms with E-state index in [1.807, 2.05) is 26.0 Å². The predicted octanol–water partition coefficient (Wildman–Crippen LogP) is 2.34. The molecule has 0 atom stereocenters. The van der Waals surface area contributed by atoms with Crippen LogP contribution < -0.4 is 14.9 Å². The number of likely N-dealkylation sites (tertiary alicyclic amines) is 1. The van der Waals surface area contributed by atoms with Crippen molar-refractivity contribution < 1.29 is 19.1 Å². The molecule has 1 aromatic carbocycles. The molecule has 2 amide bonds. The van der Waals surface area contributed by atoms with Crippen LogP contribution in [0, 0.1) is 0 Å². The second kappa shape index (κ2) is 10.4. The smallest absolute Gasteiger partial charge is 0.329 e. The third-order valence-corrected chi connectivity index (χ3v) is 3.95. The van der Waals surface area contributed by atoms with Crippen LogP contribution in [0.25, 0.3) is 0 Å². The molecule has 0 radical (unpaired) electrons. The molecule has 1 aliphatic heterocycles. The monoisotopic (exact) mass is 361 g/mol. The van der Waals surface area contributed by atoms with E-state index in [0.717, 1.165) is 31.2 Å². The van der Waals surface area contributed by atoms with E-state index in [1.165, 1.54) is 6.21 Å². The third-order valence-electron chi connectivity index (χ3n) is 3.95. The first-order valence-corrected chi connectivity index (χ1v) is 9.17. The van der Waals surface area contributed by atoms with Crippen LogP contribution in [0.2, 0.25) is 0 Å². The van der Waals surface area contributed by atoms with Crippen LogP contribution in [0.5, 0.6) is 11.5 Å². The summed E-state index contributed by atoms with van der Waals surface area (Å²) in [6, 6.07) is 5.41. The van der Waals surface area contributed by atoms with Gasteiger partial charge in [-0.1, -0.05) is 6.92 Å². The van der Waals surface area contributed by atoms with Crippen LogP contribution in [0.1, 0.15) is 45.1 Å². The van der Waals surface area contributed by atoms with E-state index in [4.69, 9.17) is 9.47 Å². The van der Waals surface area contributed by atoms with Gasteiger partial charge in [0.25, 0.3) is 0 Å². The van der Waals surface area contributed by atoms with Gasteiger partial charge in [-0.2, -0.15) is 5.10 Å². The molecule has 0 aromatic heterocycles. The van der Waals surface area contributed by atoms with Crippen molar-refractivity contribution in [3.8, 4) is 11.5 Å². The normalized spacial score (nSPS) is 14.3. The van der Waals surface area contributed by atoms with E-state index in [-0.39, 0.29) is 0 Å². The predicted molar refractivity (Wildman–Crippen MR) is 99.6 cm³/mol. The van der Waals surface area contributed by atoms with Gasteiger partial charge >= 0.3 is 11.8 Å². The van der Waals surface area contributed by atoms with Gasteiger partial charge in [-0.25, -0.2) is 5.43 Å². The zero-order chi connectivity index (χ0) is 18.8. The highest BCUT2D eigenvalue weighted by molar-refractivity contribution is 6.35. The van der Waals surface area contributed by atoms with Gasteiger partial charge in [0.1, 0.15) is 0 Å². The Morgan fingerprint density at radius 1 is 1.15 bits per heavy atom. The number of amides is 2. The fourth-order valence-corrected chi connectivity index (χ4v) is 2.66. The molecule has 0 bridgehead atoms. The Kier molecular flexibility index (Phi) is 7.92. The Balaban J connectivity index is 1.95. The molecular weight excluding hydrogens is 334 g/mol. The number of carbonyl (C=O) groups is 2. The average molecular weight is 361 g/mol. The van der Waals surface area contributed by atoms with E-state index >= 15 is 0 Å². The minimum absolute atomic E-state index is 0.518. The van der Waals surface area contributed by atoms with E-state index in [2.05, 4.69) is 10.5 Å². The van der Waals surface area contributed by atoms with Crippen molar-refractivity contribution in [3.63, 3.8) is 0 Å². The zero-order valence-corrected chi connectivity index (χ0v) is 15.5. The van der Waals surface area contributed by atoms with Gasteiger partial charge in [0, 0.05) is 13.1 Å². The maximum absolute atomic E-state index is 12.0. The second-order valence-corrected chi connectivity index (χ2v) is 6.04. The van der Waals surface area contributed by atoms with Crippen LogP contribution in [0.15, 0.2) is 23.3 Å². The maximum Gasteiger partial charge on any atom is 0.329 e. The minimum atomic E-state index is -0.712. The number of piperidine rings is 1. The number of hydrogen-bond donors (Lipinski definition) is 1. The molecule has 7 nitrogen and oxygen atoms in total. The van der Waals surface area contributed by atoms with E-state index in [1.54, 1.807) is 11.0 Å². The van der Waals surface area contributed by atoms with Crippen LogP contribution >= 0.6 is 0 Å². The Bertz CT molecular complexity index is 640. The number of hydrogen-bond acceptors (Lipinski definition) is 5. The molecule has 0 saturated carbocycles. The van der Waals surface area contributed by atoms with E-state index in [9.17, 15) is 9.59 Å². The summed E-state index contributed by atoms with van der Waals surface area (Å²) in [5, 5.41) is 3.88. The molecule has 1 N–H and O–H groups in total. The van der Waals surface area contributed by atoms with Gasteiger partial charge in [-0.15, -0.1) is 0 Å². The molecule has 1 saturated heterocycles. The average Bonchev–Trinajstić information content (AvgIpc) is 2.67. The summed E-state index contributed by atoms with van der Waals surface area (Å²) < 4.78 is 11.2. The first-order valence-electron chi connectivity index (χ1n) is 9.17. The summed E-state index contributed by atoms with van der Waals surface area (Å²) in [4.78, 5) is 25.5. The SMILES string of the molecule is CCCOc1ccc(C=NNC(=O)C(=O)N2CCCCC2)cc1OCC. The molecule has 142 valence electrons. The van der Waals surface area contributed by atoms with Crippen LogP contribution in [-0.4, -0.2) is 49.2 Å². The van der Waals surface area contributed by atoms with E-state index < -0.39 is 11.8 Å². The molecule has 0 aliphatic carbocycles. The van der Waals surface area contributed by atoms with Crippen molar-refractivity contribution in [3.05, 3.63) is 23.8 Å². The Labute approximate surface area is 154 Å². The Hall–Kier alpha value is -2.57. The third kappa shape index (κ3) is 5.75. The molecule has 26 heavy (non-hydrogen) atoms. The number of benzene rings is 1. The molecule has 7 heteroatoms. The summed E-state index contributed by atoms with van der Waals surface area (Å²) in [5.74, 6) is 0.0621. The fourth-order valence-electron chi connectivity index (χ4n) is 2.66. The second-order valence-electron chi connectivity index (χ2n) is 6.04. The number of hydrazone groups is 1. The first kappa shape index (κ1) is 19.8. The van der Waals surface area contributed by atoms with Gasteiger partial charge < -0.3 is 14.4 Å². The summed E-state index contributed by atoms with van der Waals surface area (Å²) in [7, 11) is 0. The molecule has 1 aliphatic rings. The lowest BCUT2D eigenvalue weighted by molar-refractivity contribution is -0.146. The number of nitrogens with one attached hydrogen (secondary N) is 1. The van der Waals surface area contributed by atoms with Crippen LogP contribution in [0.3, 0.4) is 0 Å². The summed E-state index contributed by atoms with van der Waals surface area (Å²) in [6.45, 7) is 6.33. The highest BCUT2D eigenvalue weighted by Gasteiger charge is 2.22. The summed E-state index contributed by atoms with van der Waals surface area (Å²) in [6.07, 6.45) is 5.37. The first-order chi connectivity index (χ1) is 12.7. The molecule has 0 spiro atoms. The van der Waals surface area contributed by atoms with Gasteiger partial charge in [-0.05, 0) is 56.4 Å². The number of carbonyl (C=O) groups excluding carboxylic acids is 2. The highest BCUT2D eigenvalue weighted by Crippen LogP contribution is 2.28. The lowest BCUT2D eigenvalue weighted by Gasteiger charge is -2.25. The number of nitrogens with zero attached hydrogens (tertiary/aromatic N) is 2. The molecule has 1 heterocycles. The van der Waals surface area contributed by atoms with Crippen LogP contribution in [0.4, 0.5) is 0 Å². The maximum atomic E-state index is 12.0. The Morgan fingerprint density at radius 2 is 1.92 bits per heavy atom. The molecule has 2 rings (SSSR count). The molecule has 0 unspecified atom stereocenters. The number of rotatable bonds is 7. The summed E-state index contributed by atoms with van der Waals surface area (Å²) >= 11 is 0. The van der Waals surface area contributed by atoms with Gasteiger partial charge in [0.15, 0.2) is 11.5 Å². The quantitative estimate of drug-likeness (QED) is 0.459. The van der Waals surface area contributed by atoms with Crippen molar-refractivity contribution in [1.82, 2.24) is 10.3 Å². The Morgan fingerprint density at radius 3 is 2.62 bits per heavy atom. The fraction of sp³-hybridized carbons (Fsp3) is 0.526.